The van der Waals surface area contributed by atoms with E-state index in [1.807, 2.05) is 0 Å². The van der Waals surface area contributed by atoms with E-state index in [-0.39, 0.29) is 24.4 Å². The number of anilines is 2. The maximum Gasteiger partial charge on any atom is 0.341 e. The molecule has 11 heteroatoms. The van der Waals surface area contributed by atoms with Crippen LogP contribution in [0.15, 0.2) is 4.34 Å². The first-order valence-corrected chi connectivity index (χ1v) is 11.8. The first kappa shape index (κ1) is 21.7. The third kappa shape index (κ3) is 5.34. The molecule has 0 saturated heterocycles. The molecule has 0 spiro atoms. The van der Waals surface area contributed by atoms with Gasteiger partial charge < -0.3 is 15.4 Å². The van der Waals surface area contributed by atoms with Gasteiger partial charge in [-0.25, -0.2) is 4.79 Å². The predicted octanol–water partition coefficient (Wildman–Crippen LogP) is 3.73. The molecule has 2 heterocycles. The van der Waals surface area contributed by atoms with Crippen LogP contribution < -0.4 is 10.6 Å². The van der Waals surface area contributed by atoms with Crippen molar-refractivity contribution in [2.75, 3.05) is 17.2 Å². The number of carbonyl (C=O) groups is 3. The summed E-state index contributed by atoms with van der Waals surface area (Å²) in [6.45, 7) is 5.21. The summed E-state index contributed by atoms with van der Waals surface area (Å²) in [4.78, 5) is 37.5. The number of hydrogen-bond acceptors (Lipinski definition) is 9. The summed E-state index contributed by atoms with van der Waals surface area (Å²) in [6.07, 6.45) is 3.87. The summed E-state index contributed by atoms with van der Waals surface area (Å²) >= 11 is 3.92. The fourth-order valence-corrected chi connectivity index (χ4v) is 6.17. The van der Waals surface area contributed by atoms with Crippen molar-refractivity contribution in [3.05, 3.63) is 16.0 Å². The van der Waals surface area contributed by atoms with Gasteiger partial charge in [-0.05, 0) is 45.1 Å². The van der Waals surface area contributed by atoms with Crippen molar-refractivity contribution in [2.45, 2.75) is 56.0 Å². The number of thiophene rings is 1. The Labute approximate surface area is 180 Å². The minimum Gasteiger partial charge on any atom is -0.462 e. The van der Waals surface area contributed by atoms with Crippen LogP contribution in [0.3, 0.4) is 0 Å². The first-order valence-electron chi connectivity index (χ1n) is 9.29. The quantitative estimate of drug-likeness (QED) is 0.372. The highest BCUT2D eigenvalue weighted by atomic mass is 32.2. The Kier molecular flexibility index (Phi) is 7.25. The second-order valence-electron chi connectivity index (χ2n) is 6.44. The van der Waals surface area contributed by atoms with Gasteiger partial charge in [0.2, 0.25) is 16.9 Å². The molecule has 0 unspecified atom stereocenters. The molecule has 29 heavy (non-hydrogen) atoms. The number of hydrogen-bond donors (Lipinski definition) is 2. The summed E-state index contributed by atoms with van der Waals surface area (Å²) in [5, 5.41) is 13.8. The molecule has 2 N–H and O–H groups in total. The van der Waals surface area contributed by atoms with Crippen molar-refractivity contribution in [2.24, 2.45) is 0 Å². The predicted molar refractivity (Wildman–Crippen MR) is 115 cm³/mol. The second kappa shape index (κ2) is 9.68. The number of esters is 1. The average molecular weight is 455 g/mol. The summed E-state index contributed by atoms with van der Waals surface area (Å²) in [5.74, 6) is -0.835. The number of thioether (sulfide) groups is 1. The molecule has 1 atom stereocenters. The average Bonchev–Trinajstić information content (AvgIpc) is 3.24. The Morgan fingerprint density at radius 3 is 2.66 bits per heavy atom. The number of carbonyl (C=O) groups excluding carboxylic acids is 3. The molecule has 8 nitrogen and oxygen atoms in total. The SMILES string of the molecule is CCOC(=O)c1c(NC(=O)[C@H](C)Sc2nnc(NC(C)=O)s2)sc2c1CCCC2. The lowest BCUT2D eigenvalue weighted by Gasteiger charge is -2.13. The van der Waals surface area contributed by atoms with Gasteiger partial charge in [-0.1, -0.05) is 23.1 Å². The fraction of sp³-hybridized carbons (Fsp3) is 0.500. The van der Waals surface area contributed by atoms with Crippen molar-refractivity contribution < 1.29 is 19.1 Å². The van der Waals surface area contributed by atoms with Crippen molar-refractivity contribution in [3.8, 4) is 0 Å². The van der Waals surface area contributed by atoms with E-state index < -0.39 is 5.25 Å². The molecule has 2 aromatic rings. The van der Waals surface area contributed by atoms with Gasteiger partial charge in [0, 0.05) is 11.8 Å². The first-order chi connectivity index (χ1) is 13.9. The van der Waals surface area contributed by atoms with Crippen LogP contribution in [0.2, 0.25) is 0 Å². The molecule has 1 aliphatic carbocycles. The molecule has 0 aliphatic heterocycles. The molecular weight excluding hydrogens is 432 g/mol. The van der Waals surface area contributed by atoms with Gasteiger partial charge >= 0.3 is 5.97 Å². The standard InChI is InChI=1S/C18H22N4O4S3/c1-4-26-16(25)13-11-7-5-6-8-12(11)28-15(13)20-14(24)9(2)27-18-22-21-17(29-18)19-10(3)23/h9H,4-8H2,1-3H3,(H,20,24)(H,19,21,23)/t9-/m0/s1. The smallest absolute Gasteiger partial charge is 0.341 e. The number of fused-ring (bicyclic) bond motifs is 1. The molecule has 3 rings (SSSR count). The lowest BCUT2D eigenvalue weighted by atomic mass is 9.95. The molecule has 0 fully saturated rings. The molecule has 0 aromatic carbocycles. The summed E-state index contributed by atoms with van der Waals surface area (Å²) in [7, 11) is 0. The molecule has 0 bridgehead atoms. The number of aromatic nitrogens is 2. The van der Waals surface area contributed by atoms with E-state index in [2.05, 4.69) is 20.8 Å². The van der Waals surface area contributed by atoms with Crippen LogP contribution in [0.5, 0.6) is 0 Å². The molecule has 2 aromatic heterocycles. The van der Waals surface area contributed by atoms with E-state index >= 15 is 0 Å². The number of amides is 2. The number of nitrogens with zero attached hydrogens (tertiary/aromatic N) is 2. The zero-order valence-electron chi connectivity index (χ0n) is 16.4. The van der Waals surface area contributed by atoms with E-state index in [1.165, 1.54) is 41.4 Å². The van der Waals surface area contributed by atoms with Crippen LogP contribution in [0.1, 0.15) is 54.4 Å². The maximum absolute atomic E-state index is 12.8. The van der Waals surface area contributed by atoms with Crippen molar-refractivity contribution in [3.63, 3.8) is 0 Å². The highest BCUT2D eigenvalue weighted by molar-refractivity contribution is 8.02. The van der Waals surface area contributed by atoms with Crippen LogP contribution >= 0.6 is 34.4 Å². The monoisotopic (exact) mass is 454 g/mol. The fourth-order valence-electron chi connectivity index (χ4n) is 2.95. The number of nitrogens with one attached hydrogen (secondary N) is 2. The Bertz CT molecular complexity index is 924. The molecule has 1 aliphatic rings. The molecule has 2 amide bonds. The van der Waals surface area contributed by atoms with E-state index in [0.717, 1.165) is 36.1 Å². The Hall–Kier alpha value is -1.98. The van der Waals surface area contributed by atoms with E-state index in [1.54, 1.807) is 13.8 Å². The van der Waals surface area contributed by atoms with Crippen LogP contribution in [-0.2, 0) is 27.2 Å². The lowest BCUT2D eigenvalue weighted by Crippen LogP contribution is -2.23. The zero-order chi connectivity index (χ0) is 21.0. The third-order valence-corrected chi connectivity index (χ3v) is 7.45. The Morgan fingerprint density at radius 1 is 1.17 bits per heavy atom. The van der Waals surface area contributed by atoms with Gasteiger partial charge in [0.15, 0.2) is 4.34 Å². The van der Waals surface area contributed by atoms with Gasteiger partial charge in [0.05, 0.1) is 17.4 Å². The highest BCUT2D eigenvalue weighted by Crippen LogP contribution is 2.39. The van der Waals surface area contributed by atoms with Crippen molar-refractivity contribution in [1.82, 2.24) is 10.2 Å². The minimum atomic E-state index is -0.456. The third-order valence-electron chi connectivity index (χ3n) is 4.22. The van der Waals surface area contributed by atoms with E-state index in [9.17, 15) is 14.4 Å². The molecular formula is C18H22N4O4S3. The zero-order valence-corrected chi connectivity index (χ0v) is 18.8. The van der Waals surface area contributed by atoms with Gasteiger partial charge in [0.1, 0.15) is 5.00 Å². The summed E-state index contributed by atoms with van der Waals surface area (Å²) in [6, 6.07) is 0. The normalized spacial score (nSPS) is 14.0. The largest absolute Gasteiger partial charge is 0.462 e. The van der Waals surface area contributed by atoms with E-state index in [0.29, 0.717) is 20.0 Å². The van der Waals surface area contributed by atoms with Gasteiger partial charge in [-0.3, -0.25) is 9.59 Å². The minimum absolute atomic E-state index is 0.225. The molecule has 0 radical (unpaired) electrons. The molecule has 0 saturated carbocycles. The topological polar surface area (TPSA) is 110 Å². The molecule has 156 valence electrons. The number of ether oxygens (including phenoxy) is 1. The van der Waals surface area contributed by atoms with Crippen LogP contribution in [0.25, 0.3) is 0 Å². The Balaban J connectivity index is 1.72. The van der Waals surface area contributed by atoms with Gasteiger partial charge in [0.25, 0.3) is 0 Å². The van der Waals surface area contributed by atoms with Crippen LogP contribution in [-0.4, -0.2) is 39.8 Å². The second-order valence-corrected chi connectivity index (χ2v) is 10.1. The van der Waals surface area contributed by atoms with Crippen LogP contribution in [0, 0.1) is 0 Å². The van der Waals surface area contributed by atoms with Crippen molar-refractivity contribution >= 4 is 62.4 Å². The highest BCUT2D eigenvalue weighted by Gasteiger charge is 2.28. The van der Waals surface area contributed by atoms with Crippen LogP contribution in [0.4, 0.5) is 10.1 Å². The lowest BCUT2D eigenvalue weighted by molar-refractivity contribution is -0.115. The number of rotatable bonds is 7. The van der Waals surface area contributed by atoms with Crippen molar-refractivity contribution in [1.29, 1.82) is 0 Å². The Morgan fingerprint density at radius 2 is 1.93 bits per heavy atom. The maximum atomic E-state index is 12.8. The summed E-state index contributed by atoms with van der Waals surface area (Å²) < 4.78 is 5.80. The van der Waals surface area contributed by atoms with E-state index in [4.69, 9.17) is 4.74 Å². The van der Waals surface area contributed by atoms with Gasteiger partial charge in [-0.2, -0.15) is 0 Å². The number of aryl methyl sites for hydroxylation is 1. The van der Waals surface area contributed by atoms with Gasteiger partial charge in [-0.15, -0.1) is 21.5 Å². The summed E-state index contributed by atoms with van der Waals surface area (Å²) in [5.41, 5.74) is 1.51.